The van der Waals surface area contributed by atoms with Gasteiger partial charge in [0.15, 0.2) is 0 Å². The van der Waals surface area contributed by atoms with Crippen molar-refractivity contribution in [1.29, 1.82) is 0 Å². The number of aliphatic hydroxyl groups excluding tert-OH is 1. The summed E-state index contributed by atoms with van der Waals surface area (Å²) >= 11 is 0. The van der Waals surface area contributed by atoms with Crippen molar-refractivity contribution >= 4 is 16.6 Å². The lowest BCUT2D eigenvalue weighted by atomic mass is 9.95. The summed E-state index contributed by atoms with van der Waals surface area (Å²) in [6, 6.07) is 11.9. The van der Waals surface area contributed by atoms with Crippen LogP contribution in [0.5, 0.6) is 5.75 Å². The van der Waals surface area contributed by atoms with Gasteiger partial charge in [0, 0.05) is 23.2 Å². The Balaban J connectivity index is 1.80. The molecule has 1 atom stereocenters. The van der Waals surface area contributed by atoms with Crippen LogP contribution in [-0.2, 0) is 6.61 Å². The first-order chi connectivity index (χ1) is 17.8. The first-order valence-corrected chi connectivity index (χ1v) is 11.5. The Bertz CT molecular complexity index is 1560. The number of aliphatic hydroxyl groups is 1. The minimum Gasteiger partial charge on any atom is -0.489 e. The molecular weight excluding hydrogens is 470 g/mol. The van der Waals surface area contributed by atoms with Crippen molar-refractivity contribution in [1.82, 2.24) is 10.1 Å². The quantitative estimate of drug-likeness (QED) is 0.135. The van der Waals surface area contributed by atoms with Gasteiger partial charge in [-0.2, -0.15) is 0 Å². The molecule has 2 aromatic carbocycles. The highest BCUT2D eigenvalue weighted by Crippen LogP contribution is 2.36. The van der Waals surface area contributed by atoms with Crippen LogP contribution in [0.4, 0.5) is 5.69 Å². The molecule has 0 aliphatic rings. The maximum absolute atomic E-state index is 11.8. The van der Waals surface area contributed by atoms with Gasteiger partial charge in [-0.3, -0.25) is 15.1 Å². The Hall–Kier alpha value is -4.74. The smallest absolute Gasteiger partial charge is 0.276 e. The average Bonchev–Trinajstić information content (AvgIpc) is 3.24. The number of terminal acetylenes is 1. The lowest BCUT2D eigenvalue weighted by Gasteiger charge is -2.17. The molecule has 4 aromatic rings. The first kappa shape index (κ1) is 25.4. The van der Waals surface area contributed by atoms with Crippen LogP contribution < -0.4 is 4.74 Å². The monoisotopic (exact) mass is 495 g/mol. The van der Waals surface area contributed by atoms with Crippen LogP contribution >= 0.6 is 0 Å². The van der Waals surface area contributed by atoms with Crippen LogP contribution in [0.25, 0.3) is 22.0 Å². The summed E-state index contributed by atoms with van der Waals surface area (Å²) in [6.45, 7) is 5.36. The van der Waals surface area contributed by atoms with E-state index in [1.165, 1.54) is 12.1 Å². The topological polar surface area (TPSA) is 112 Å². The van der Waals surface area contributed by atoms with Crippen LogP contribution in [0.1, 0.15) is 35.6 Å². The molecule has 0 fully saturated rings. The number of rotatable bonds is 8. The SMILES string of the molecule is C#C/C=C\C(=C/C)C(O)c1cc(OCc2c([N+](=O)[O-])ccc3ncccc23)cc(-c2c(C)noc2C)c1. The third kappa shape index (κ3) is 5.27. The van der Waals surface area contributed by atoms with E-state index in [2.05, 4.69) is 16.1 Å². The third-order valence-electron chi connectivity index (χ3n) is 6.04. The van der Waals surface area contributed by atoms with Crippen molar-refractivity contribution in [3.05, 3.63) is 105 Å². The molecule has 1 unspecified atom stereocenters. The second-order valence-electron chi connectivity index (χ2n) is 8.36. The molecule has 0 spiro atoms. The molecule has 0 radical (unpaired) electrons. The molecular formula is C29H25N3O5. The Kier molecular flexibility index (Phi) is 7.47. The van der Waals surface area contributed by atoms with Crippen LogP contribution in [0, 0.1) is 36.3 Å². The van der Waals surface area contributed by atoms with Crippen molar-refractivity contribution in [2.75, 3.05) is 0 Å². The largest absolute Gasteiger partial charge is 0.489 e. The molecule has 0 saturated heterocycles. The van der Waals surface area contributed by atoms with E-state index in [4.69, 9.17) is 15.7 Å². The molecule has 0 bridgehead atoms. The number of benzene rings is 2. The predicted molar refractivity (Wildman–Crippen MR) is 141 cm³/mol. The van der Waals surface area contributed by atoms with Crippen LogP contribution in [-0.4, -0.2) is 20.2 Å². The van der Waals surface area contributed by atoms with Gasteiger partial charge in [-0.15, -0.1) is 6.42 Å². The van der Waals surface area contributed by atoms with Gasteiger partial charge in [0.2, 0.25) is 0 Å². The molecule has 0 aliphatic carbocycles. The normalized spacial score (nSPS) is 12.6. The first-order valence-electron chi connectivity index (χ1n) is 11.5. The van der Waals surface area contributed by atoms with Crippen molar-refractivity contribution in [3.8, 4) is 29.2 Å². The van der Waals surface area contributed by atoms with E-state index in [9.17, 15) is 15.2 Å². The predicted octanol–water partition coefficient (Wildman–Crippen LogP) is 6.16. The maximum Gasteiger partial charge on any atom is 0.276 e. The average molecular weight is 496 g/mol. The van der Waals surface area contributed by atoms with Crippen molar-refractivity contribution in [2.45, 2.75) is 33.5 Å². The number of nitro groups is 1. The Morgan fingerprint density at radius 3 is 2.78 bits per heavy atom. The number of aromatic nitrogens is 2. The van der Waals surface area contributed by atoms with E-state index < -0.39 is 11.0 Å². The molecule has 2 heterocycles. The number of aryl methyl sites for hydroxylation is 2. The molecule has 8 nitrogen and oxygen atoms in total. The number of allylic oxidation sites excluding steroid dienone is 2. The molecule has 0 saturated carbocycles. The summed E-state index contributed by atoms with van der Waals surface area (Å²) < 4.78 is 11.5. The third-order valence-corrected chi connectivity index (χ3v) is 6.04. The molecule has 8 heteroatoms. The highest BCUT2D eigenvalue weighted by atomic mass is 16.6. The van der Waals surface area contributed by atoms with Crippen LogP contribution in [0.3, 0.4) is 0 Å². The van der Waals surface area contributed by atoms with E-state index >= 15 is 0 Å². The number of pyridine rings is 1. The van der Waals surface area contributed by atoms with Crippen molar-refractivity contribution in [3.63, 3.8) is 0 Å². The fraction of sp³-hybridized carbons (Fsp3) is 0.172. The fourth-order valence-corrected chi connectivity index (χ4v) is 4.26. The van der Waals surface area contributed by atoms with Gasteiger partial charge in [0.25, 0.3) is 5.69 Å². The number of fused-ring (bicyclic) bond motifs is 1. The molecule has 0 aliphatic heterocycles. The Morgan fingerprint density at radius 2 is 2.11 bits per heavy atom. The zero-order valence-electron chi connectivity index (χ0n) is 20.6. The zero-order valence-corrected chi connectivity index (χ0v) is 20.6. The molecule has 186 valence electrons. The van der Waals surface area contributed by atoms with Crippen LogP contribution in [0.2, 0.25) is 0 Å². The lowest BCUT2D eigenvalue weighted by molar-refractivity contribution is -0.385. The summed E-state index contributed by atoms with van der Waals surface area (Å²) in [5.74, 6) is 3.46. The summed E-state index contributed by atoms with van der Waals surface area (Å²) in [7, 11) is 0. The second kappa shape index (κ2) is 10.9. The van der Waals surface area contributed by atoms with Crippen molar-refractivity contribution < 1.29 is 19.3 Å². The second-order valence-corrected chi connectivity index (χ2v) is 8.36. The van der Waals surface area contributed by atoms with E-state index in [0.29, 0.717) is 44.8 Å². The van der Waals surface area contributed by atoms with E-state index in [0.717, 1.165) is 11.1 Å². The Labute approximate surface area is 214 Å². The number of hydrogen-bond acceptors (Lipinski definition) is 7. The minimum absolute atomic E-state index is 0.0572. The van der Waals surface area contributed by atoms with Gasteiger partial charge < -0.3 is 14.4 Å². The zero-order chi connectivity index (χ0) is 26.5. The summed E-state index contributed by atoms with van der Waals surface area (Å²) in [5.41, 5.74) is 4.33. The van der Waals surface area contributed by atoms with E-state index in [1.54, 1.807) is 55.6 Å². The standard InChI is InChI=1S/C29H25N3O5/c1-5-7-9-20(6-2)29(33)22-14-21(28-18(3)31-37-19(28)4)15-23(16-22)36-17-25-24-10-8-13-30-26(24)11-12-27(25)32(34)35/h1,6-16,29,33H,17H2,2-4H3/b9-7-,20-6+. The molecule has 1 N–H and O–H groups in total. The van der Waals surface area contributed by atoms with Gasteiger partial charge in [-0.1, -0.05) is 23.2 Å². The molecule has 4 rings (SSSR count). The Morgan fingerprint density at radius 1 is 1.30 bits per heavy atom. The number of nitro benzene ring substituents is 1. The number of ether oxygens (including phenoxy) is 1. The van der Waals surface area contributed by atoms with Gasteiger partial charge in [0.05, 0.1) is 21.7 Å². The molecule has 0 amide bonds. The van der Waals surface area contributed by atoms with E-state index in [-0.39, 0.29) is 12.3 Å². The minimum atomic E-state index is -0.992. The number of nitrogens with zero attached hydrogens (tertiary/aromatic N) is 3. The highest BCUT2D eigenvalue weighted by Gasteiger charge is 2.21. The van der Waals surface area contributed by atoms with Gasteiger partial charge in [0.1, 0.15) is 24.2 Å². The summed E-state index contributed by atoms with van der Waals surface area (Å²) in [6.07, 6.45) is 10.9. The molecule has 37 heavy (non-hydrogen) atoms. The highest BCUT2D eigenvalue weighted by molar-refractivity contribution is 5.85. The summed E-state index contributed by atoms with van der Waals surface area (Å²) in [4.78, 5) is 15.6. The maximum atomic E-state index is 11.8. The molecule has 2 aromatic heterocycles. The summed E-state index contributed by atoms with van der Waals surface area (Å²) in [5, 5.41) is 27.6. The van der Waals surface area contributed by atoms with E-state index in [1.807, 2.05) is 19.9 Å². The van der Waals surface area contributed by atoms with Crippen molar-refractivity contribution in [2.24, 2.45) is 0 Å². The number of hydrogen-bond donors (Lipinski definition) is 1. The fourth-order valence-electron chi connectivity index (χ4n) is 4.26. The van der Waals surface area contributed by atoms with Crippen LogP contribution in [0.15, 0.2) is 77.0 Å². The van der Waals surface area contributed by atoms with Gasteiger partial charge in [-0.05, 0) is 80.0 Å². The lowest BCUT2D eigenvalue weighted by Crippen LogP contribution is -2.04. The van der Waals surface area contributed by atoms with Gasteiger partial charge >= 0.3 is 0 Å². The van der Waals surface area contributed by atoms with Gasteiger partial charge in [-0.25, -0.2) is 0 Å².